The van der Waals surface area contributed by atoms with E-state index in [2.05, 4.69) is 69.2 Å². The number of aromatic nitrogens is 3. The molecule has 2 aliphatic rings. The Morgan fingerprint density at radius 3 is 2.69 bits per heavy atom. The molecule has 0 aliphatic heterocycles. The zero-order valence-electron chi connectivity index (χ0n) is 21.0. The van der Waals surface area contributed by atoms with Crippen LogP contribution in [0.3, 0.4) is 0 Å². The molecule has 184 valence electrons. The van der Waals surface area contributed by atoms with Crippen molar-refractivity contribution in [2.75, 3.05) is 6.61 Å². The molecular formula is C31H33N3OS. The fraction of sp³-hybridized carbons (Fsp3) is 0.323. The molecule has 0 spiro atoms. The second kappa shape index (κ2) is 12.1. The van der Waals surface area contributed by atoms with Crippen molar-refractivity contribution in [2.24, 2.45) is 0 Å². The summed E-state index contributed by atoms with van der Waals surface area (Å²) < 4.78 is 14.1. The van der Waals surface area contributed by atoms with Crippen molar-refractivity contribution in [3.8, 4) is 28.3 Å². The van der Waals surface area contributed by atoms with Gasteiger partial charge in [0.25, 0.3) is 5.88 Å². The van der Waals surface area contributed by atoms with Crippen LogP contribution >= 0.6 is 11.7 Å². The van der Waals surface area contributed by atoms with Crippen LogP contribution < -0.4 is 4.74 Å². The van der Waals surface area contributed by atoms with Crippen molar-refractivity contribution in [1.82, 2.24) is 13.7 Å². The summed E-state index contributed by atoms with van der Waals surface area (Å²) >= 11 is 1.18. The van der Waals surface area contributed by atoms with Crippen molar-refractivity contribution in [2.45, 2.75) is 58.3 Å². The lowest BCUT2D eigenvalue weighted by Gasteiger charge is -2.24. The molecule has 0 fully saturated rings. The van der Waals surface area contributed by atoms with E-state index in [4.69, 9.17) is 4.74 Å². The highest BCUT2D eigenvalue weighted by atomic mass is 32.1. The van der Waals surface area contributed by atoms with E-state index in [1.165, 1.54) is 84.5 Å². The average Bonchev–Trinajstić information content (AvgIpc) is 3.42. The van der Waals surface area contributed by atoms with Gasteiger partial charge >= 0.3 is 0 Å². The van der Waals surface area contributed by atoms with Crippen LogP contribution in [0.1, 0.15) is 61.3 Å². The van der Waals surface area contributed by atoms with E-state index in [-0.39, 0.29) is 0 Å². The van der Waals surface area contributed by atoms with Crippen LogP contribution in [0.25, 0.3) is 28.5 Å². The molecule has 4 nitrogen and oxygen atoms in total. The number of unbranched alkanes of at least 4 members (excludes halogenated alkanes) is 3. The van der Waals surface area contributed by atoms with Gasteiger partial charge in [0.2, 0.25) is 0 Å². The molecule has 0 unspecified atom stereocenters. The van der Waals surface area contributed by atoms with Crippen molar-refractivity contribution in [3.05, 3.63) is 89.3 Å². The zero-order chi connectivity index (χ0) is 24.6. The highest BCUT2D eigenvalue weighted by Crippen LogP contribution is 2.38. The molecule has 0 N–H and O–H groups in total. The third-order valence-corrected chi connectivity index (χ3v) is 7.41. The third-order valence-electron chi connectivity index (χ3n) is 6.89. The highest BCUT2D eigenvalue weighted by molar-refractivity contribution is 6.99. The SMILES string of the molecule is C1=Cc2c(ccc3c2CCc2ccccc2-3)CC1.CCCCCCOc1nsnc1-c1cccnc1. The van der Waals surface area contributed by atoms with Crippen molar-refractivity contribution < 1.29 is 4.74 Å². The van der Waals surface area contributed by atoms with Crippen LogP contribution in [-0.2, 0) is 19.3 Å². The minimum Gasteiger partial charge on any atom is -0.475 e. The maximum Gasteiger partial charge on any atom is 0.254 e. The molecule has 0 atom stereocenters. The van der Waals surface area contributed by atoms with Gasteiger partial charge in [-0.3, -0.25) is 4.98 Å². The third kappa shape index (κ3) is 5.57. The predicted molar refractivity (Wildman–Crippen MR) is 149 cm³/mol. The number of rotatable bonds is 7. The number of allylic oxidation sites excluding steroid dienone is 1. The first-order valence-corrected chi connectivity index (χ1v) is 13.8. The first-order valence-electron chi connectivity index (χ1n) is 13.1. The smallest absolute Gasteiger partial charge is 0.254 e. The van der Waals surface area contributed by atoms with Crippen molar-refractivity contribution >= 4 is 17.8 Å². The number of benzene rings is 2. The number of aryl methyl sites for hydroxylation is 2. The van der Waals surface area contributed by atoms with E-state index in [1.54, 1.807) is 18.0 Å². The molecule has 0 amide bonds. The van der Waals surface area contributed by atoms with Gasteiger partial charge in [-0.25, -0.2) is 0 Å². The van der Waals surface area contributed by atoms with E-state index in [1.807, 2.05) is 12.1 Å². The molecule has 0 radical (unpaired) electrons. The Kier molecular flexibility index (Phi) is 8.19. The Morgan fingerprint density at radius 2 is 1.81 bits per heavy atom. The predicted octanol–water partition coefficient (Wildman–Crippen LogP) is 7.97. The first-order chi connectivity index (χ1) is 17.8. The standard InChI is InChI=1S/C18H16.C13H17N3OS/c1-3-7-15-13(5-1)9-11-18-16-8-4-2-6-14(16)10-12-17(15)18;1-2-3-4-5-9-17-13-12(15-18-16-13)11-7-6-8-14-10-11/h1,3-5,7-8,10,12H,2,6,9,11H2;6-8,10H,2-5,9H2,1H3. The molecule has 2 aromatic heterocycles. The van der Waals surface area contributed by atoms with Crippen molar-refractivity contribution in [3.63, 3.8) is 0 Å². The Morgan fingerprint density at radius 1 is 0.861 bits per heavy atom. The molecule has 0 saturated heterocycles. The summed E-state index contributed by atoms with van der Waals surface area (Å²) in [6.45, 7) is 2.91. The fourth-order valence-corrected chi connectivity index (χ4v) is 5.53. The summed E-state index contributed by atoms with van der Waals surface area (Å²) in [6, 6.07) is 17.4. The molecule has 0 bridgehead atoms. The topological polar surface area (TPSA) is 47.9 Å². The lowest BCUT2D eigenvalue weighted by Crippen LogP contribution is -2.08. The van der Waals surface area contributed by atoms with Gasteiger partial charge in [0.05, 0.1) is 18.3 Å². The van der Waals surface area contributed by atoms with Gasteiger partial charge in [0.1, 0.15) is 5.69 Å². The Bertz CT molecular complexity index is 1310. The largest absolute Gasteiger partial charge is 0.475 e. The lowest BCUT2D eigenvalue weighted by atomic mass is 9.80. The number of ether oxygens (including phenoxy) is 1. The van der Waals surface area contributed by atoms with Gasteiger partial charge in [-0.15, -0.1) is 4.37 Å². The number of hydrogen-bond donors (Lipinski definition) is 0. The summed E-state index contributed by atoms with van der Waals surface area (Å²) in [5.41, 5.74) is 10.8. The van der Waals surface area contributed by atoms with Crippen LogP contribution in [0.4, 0.5) is 0 Å². The van der Waals surface area contributed by atoms with Crippen LogP contribution in [0.5, 0.6) is 5.88 Å². The van der Waals surface area contributed by atoms with Gasteiger partial charge in [-0.2, -0.15) is 4.37 Å². The monoisotopic (exact) mass is 495 g/mol. The van der Waals surface area contributed by atoms with E-state index in [0.29, 0.717) is 12.5 Å². The summed E-state index contributed by atoms with van der Waals surface area (Å²) in [6.07, 6.45) is 17.7. The minimum atomic E-state index is 0.629. The molecule has 2 aliphatic carbocycles. The maximum absolute atomic E-state index is 5.69. The Labute approximate surface area is 218 Å². The zero-order valence-corrected chi connectivity index (χ0v) is 21.8. The summed E-state index contributed by atoms with van der Waals surface area (Å²) in [5, 5.41) is 0. The van der Waals surface area contributed by atoms with Gasteiger partial charge in [0.15, 0.2) is 0 Å². The average molecular weight is 496 g/mol. The quantitative estimate of drug-likeness (QED) is 0.244. The van der Waals surface area contributed by atoms with Crippen LogP contribution in [0.15, 0.2) is 67.0 Å². The van der Waals surface area contributed by atoms with Gasteiger partial charge in [-0.1, -0.05) is 74.7 Å². The molecule has 5 heteroatoms. The molecule has 2 aromatic carbocycles. The molecular weight excluding hydrogens is 462 g/mol. The lowest BCUT2D eigenvalue weighted by molar-refractivity contribution is 0.297. The Balaban J connectivity index is 0.000000148. The second-order valence-corrected chi connectivity index (χ2v) is 9.86. The van der Waals surface area contributed by atoms with Crippen LogP contribution in [0.2, 0.25) is 0 Å². The van der Waals surface area contributed by atoms with E-state index in [0.717, 1.165) is 17.7 Å². The maximum atomic E-state index is 5.69. The van der Waals surface area contributed by atoms with Crippen molar-refractivity contribution in [1.29, 1.82) is 0 Å². The fourth-order valence-electron chi connectivity index (χ4n) is 5.01. The van der Waals surface area contributed by atoms with Gasteiger partial charge in [0, 0.05) is 18.0 Å². The molecule has 6 rings (SSSR count). The molecule has 2 heterocycles. The van der Waals surface area contributed by atoms with Crippen LogP contribution in [-0.4, -0.2) is 20.3 Å². The van der Waals surface area contributed by atoms with Gasteiger partial charge in [-0.05, 0) is 77.6 Å². The summed E-state index contributed by atoms with van der Waals surface area (Å²) in [5.74, 6) is 0.629. The molecule has 4 aromatic rings. The number of fused-ring (bicyclic) bond motifs is 5. The van der Waals surface area contributed by atoms with Gasteiger partial charge < -0.3 is 4.74 Å². The number of nitrogens with zero attached hydrogens (tertiary/aromatic N) is 3. The molecule has 0 saturated carbocycles. The molecule has 36 heavy (non-hydrogen) atoms. The van der Waals surface area contributed by atoms with E-state index < -0.39 is 0 Å². The van der Waals surface area contributed by atoms with E-state index >= 15 is 0 Å². The Hall–Kier alpha value is -3.31. The summed E-state index contributed by atoms with van der Waals surface area (Å²) in [4.78, 5) is 4.08. The highest BCUT2D eigenvalue weighted by Gasteiger charge is 2.20. The van der Waals surface area contributed by atoms with E-state index in [9.17, 15) is 0 Å². The normalized spacial score (nSPS) is 13.1. The number of pyridine rings is 1. The number of hydrogen-bond acceptors (Lipinski definition) is 5. The van der Waals surface area contributed by atoms with Crippen LogP contribution in [0, 0.1) is 0 Å². The second-order valence-electron chi connectivity index (χ2n) is 9.33. The summed E-state index contributed by atoms with van der Waals surface area (Å²) in [7, 11) is 0. The first kappa shape index (κ1) is 24.4. The minimum absolute atomic E-state index is 0.629.